The molecule has 42 heavy (non-hydrogen) atoms. The number of hydrogen-bond donors (Lipinski definition) is 1. The second kappa shape index (κ2) is 15.3. The highest BCUT2D eigenvalue weighted by molar-refractivity contribution is 7.90. The molecular formula is C30H48N2O9S. The Bertz CT molecular complexity index is 1080. The fourth-order valence-electron chi connectivity index (χ4n) is 5.75. The van der Waals surface area contributed by atoms with E-state index in [0.717, 1.165) is 12.8 Å². The lowest BCUT2D eigenvalue weighted by atomic mass is 10.0. The largest absolute Gasteiger partial charge is 0.440 e. The monoisotopic (exact) mass is 612 g/mol. The molecule has 0 aliphatic carbocycles. The molecule has 0 saturated carbocycles. The summed E-state index contributed by atoms with van der Waals surface area (Å²) in [4.78, 5) is 15.1. The van der Waals surface area contributed by atoms with E-state index in [4.69, 9.17) is 28.4 Å². The second-order valence-electron chi connectivity index (χ2n) is 11.7. The molecular weight excluding hydrogens is 564 g/mol. The van der Waals surface area contributed by atoms with Crippen LogP contribution in [0.25, 0.3) is 0 Å². The molecule has 4 rings (SSSR count). The van der Waals surface area contributed by atoms with Crippen molar-refractivity contribution < 1.29 is 41.6 Å². The van der Waals surface area contributed by atoms with E-state index in [-0.39, 0.29) is 11.5 Å². The van der Waals surface area contributed by atoms with Gasteiger partial charge in [0.1, 0.15) is 12.7 Å². The molecule has 3 fully saturated rings. The summed E-state index contributed by atoms with van der Waals surface area (Å²) in [7, 11) is -4.13. The van der Waals surface area contributed by atoms with Crippen molar-refractivity contribution in [1.29, 1.82) is 0 Å². The van der Waals surface area contributed by atoms with Crippen LogP contribution in [0.1, 0.15) is 72.1 Å². The zero-order chi connectivity index (χ0) is 30.1. The minimum Gasteiger partial charge on any atom is -0.440 e. The fourth-order valence-corrected chi connectivity index (χ4v) is 6.65. The molecule has 3 heterocycles. The number of amides is 1. The van der Waals surface area contributed by atoms with Crippen molar-refractivity contribution in [2.24, 2.45) is 0 Å². The topological polar surface area (TPSA) is 122 Å². The predicted molar refractivity (Wildman–Crippen MR) is 155 cm³/mol. The molecule has 11 nitrogen and oxygen atoms in total. The van der Waals surface area contributed by atoms with Crippen LogP contribution in [0.2, 0.25) is 0 Å². The number of benzene rings is 1. The fraction of sp³-hybridized carbons (Fsp3) is 0.767. The van der Waals surface area contributed by atoms with Crippen LogP contribution in [0.15, 0.2) is 35.2 Å². The van der Waals surface area contributed by atoms with Crippen LogP contribution in [0, 0.1) is 0 Å². The number of nitrogens with zero attached hydrogens (tertiary/aromatic N) is 1. The smallest absolute Gasteiger partial charge is 0.421 e. The van der Waals surface area contributed by atoms with Crippen molar-refractivity contribution in [3.63, 3.8) is 0 Å². The van der Waals surface area contributed by atoms with Gasteiger partial charge < -0.3 is 28.4 Å². The van der Waals surface area contributed by atoms with Crippen molar-refractivity contribution >= 4 is 16.1 Å². The number of nitrogens with one attached hydrogen (secondary N) is 1. The van der Waals surface area contributed by atoms with Crippen LogP contribution in [-0.4, -0.2) is 95.4 Å². The molecule has 1 aromatic rings. The maximum absolute atomic E-state index is 13.0. The number of morpholine rings is 1. The number of ether oxygens (including phenoxy) is 6. The Balaban J connectivity index is 1.40. The van der Waals surface area contributed by atoms with Crippen molar-refractivity contribution in [1.82, 2.24) is 9.62 Å². The van der Waals surface area contributed by atoms with E-state index in [1.807, 2.05) is 4.72 Å². The van der Waals surface area contributed by atoms with E-state index >= 15 is 0 Å². The normalized spacial score (nSPS) is 27.5. The van der Waals surface area contributed by atoms with E-state index in [1.54, 1.807) is 32.0 Å². The molecule has 3 saturated heterocycles. The first-order valence-corrected chi connectivity index (χ1v) is 16.8. The summed E-state index contributed by atoms with van der Waals surface area (Å²) in [6.07, 6.45) is 6.06. The Morgan fingerprint density at radius 2 is 1.67 bits per heavy atom. The second-order valence-corrected chi connectivity index (χ2v) is 13.4. The van der Waals surface area contributed by atoms with Gasteiger partial charge in [-0.1, -0.05) is 70.1 Å². The van der Waals surface area contributed by atoms with Gasteiger partial charge in [0.15, 0.2) is 18.0 Å². The molecule has 0 radical (unpaired) electrons. The summed E-state index contributed by atoms with van der Waals surface area (Å²) >= 11 is 0. The average molecular weight is 613 g/mol. The Labute approximate surface area is 250 Å². The molecule has 1 N–H and O–H groups in total. The molecule has 0 unspecified atom stereocenters. The predicted octanol–water partition coefficient (Wildman–Crippen LogP) is 4.21. The highest BCUT2D eigenvalue weighted by atomic mass is 32.2. The van der Waals surface area contributed by atoms with Crippen molar-refractivity contribution in [2.45, 2.75) is 107 Å². The highest BCUT2D eigenvalue weighted by Crippen LogP contribution is 2.47. The van der Waals surface area contributed by atoms with E-state index < -0.39 is 46.0 Å². The first kappa shape index (κ1) is 33.1. The van der Waals surface area contributed by atoms with Gasteiger partial charge in [-0.15, -0.1) is 0 Å². The maximum Gasteiger partial charge on any atom is 0.421 e. The molecule has 3 aliphatic heterocycles. The third kappa shape index (κ3) is 9.10. The lowest BCUT2D eigenvalue weighted by Gasteiger charge is -2.32. The van der Waals surface area contributed by atoms with Crippen molar-refractivity contribution in [3.8, 4) is 0 Å². The van der Waals surface area contributed by atoms with E-state index in [2.05, 4.69) is 11.8 Å². The van der Waals surface area contributed by atoms with Gasteiger partial charge in [0.25, 0.3) is 10.0 Å². The first-order chi connectivity index (χ1) is 20.1. The lowest BCUT2D eigenvalue weighted by molar-refractivity contribution is -0.279. The van der Waals surface area contributed by atoms with Gasteiger partial charge >= 0.3 is 6.09 Å². The highest BCUT2D eigenvalue weighted by Gasteiger charge is 2.66. The number of rotatable bonds is 16. The average Bonchev–Trinajstić information content (AvgIpc) is 3.36. The van der Waals surface area contributed by atoms with Gasteiger partial charge in [-0.2, -0.15) is 0 Å². The zero-order valence-corrected chi connectivity index (χ0v) is 26.1. The Hall–Kier alpha value is -1.80. The van der Waals surface area contributed by atoms with Crippen LogP contribution in [0.4, 0.5) is 4.79 Å². The maximum atomic E-state index is 13.0. The molecule has 12 heteroatoms. The summed E-state index contributed by atoms with van der Waals surface area (Å²) in [6, 6.07) is 7.66. The van der Waals surface area contributed by atoms with Gasteiger partial charge in [-0.05, 0) is 32.4 Å². The molecule has 0 aromatic heterocycles. The number of hydrogen-bond acceptors (Lipinski definition) is 10. The SMILES string of the molecule is CCCCCCCCCCOC[C@@]12O[C@@H](CN3CCOCC3)[C@@H](OC(=O)NS(=O)(=O)c3ccccc3)[C@@H]1OC(C)(C)O2. The number of carbonyl (C=O) groups is 1. The Morgan fingerprint density at radius 1 is 1.00 bits per heavy atom. The molecule has 1 amide bonds. The summed E-state index contributed by atoms with van der Waals surface area (Å²) < 4.78 is 64.0. The summed E-state index contributed by atoms with van der Waals surface area (Å²) in [5.41, 5.74) is 0. The van der Waals surface area contributed by atoms with Gasteiger partial charge in [-0.25, -0.2) is 17.9 Å². The first-order valence-electron chi connectivity index (χ1n) is 15.4. The third-order valence-electron chi connectivity index (χ3n) is 7.78. The Morgan fingerprint density at radius 3 is 2.36 bits per heavy atom. The molecule has 4 atom stereocenters. The van der Waals surface area contributed by atoms with Crippen LogP contribution in [0.3, 0.4) is 0 Å². The molecule has 3 aliphatic rings. The molecule has 0 spiro atoms. The lowest BCUT2D eigenvalue weighted by Crippen LogP contribution is -2.48. The quantitative estimate of drug-likeness (QED) is 0.272. The number of sulfonamides is 1. The minimum absolute atomic E-state index is 0.0419. The standard InChI is InChI=1S/C30H48N2O9S/c1-4-5-6-7-8-9-10-14-19-37-23-30-27(40-29(2,3)41-30)26(25(39-30)22-32-17-20-36-21-18-32)38-28(33)31-42(34,35)24-15-12-11-13-16-24/h11-13,15-16,25-27H,4-10,14,17-23H2,1-3H3,(H,31,33)/t25-,26+,27-,30-/m0/s1. The third-order valence-corrected chi connectivity index (χ3v) is 9.11. The van der Waals surface area contributed by atoms with Crippen molar-refractivity contribution in [3.05, 3.63) is 30.3 Å². The van der Waals surface area contributed by atoms with Crippen LogP contribution >= 0.6 is 0 Å². The summed E-state index contributed by atoms with van der Waals surface area (Å²) in [6.45, 7) is 9.39. The van der Waals surface area contributed by atoms with Gasteiger partial charge in [0, 0.05) is 26.2 Å². The molecule has 0 bridgehead atoms. The Kier molecular flexibility index (Phi) is 12.0. The van der Waals surface area contributed by atoms with E-state index in [0.29, 0.717) is 39.5 Å². The van der Waals surface area contributed by atoms with E-state index in [1.165, 1.54) is 50.7 Å². The van der Waals surface area contributed by atoms with Gasteiger partial charge in [-0.3, -0.25) is 4.90 Å². The number of unbranched alkanes of at least 4 members (excludes halogenated alkanes) is 7. The van der Waals surface area contributed by atoms with Gasteiger partial charge in [0.2, 0.25) is 5.79 Å². The molecule has 1 aromatic carbocycles. The summed E-state index contributed by atoms with van der Waals surface area (Å²) in [5.74, 6) is -2.32. The van der Waals surface area contributed by atoms with Crippen molar-refractivity contribution in [2.75, 3.05) is 46.1 Å². The minimum atomic E-state index is -4.13. The van der Waals surface area contributed by atoms with Crippen LogP contribution < -0.4 is 4.72 Å². The van der Waals surface area contributed by atoms with Crippen LogP contribution in [-0.2, 0) is 38.4 Å². The number of fused-ring (bicyclic) bond motifs is 1. The van der Waals surface area contributed by atoms with Crippen LogP contribution in [0.5, 0.6) is 0 Å². The number of carbonyl (C=O) groups excluding carboxylic acids is 1. The molecule has 238 valence electrons. The van der Waals surface area contributed by atoms with Gasteiger partial charge in [0.05, 0.1) is 18.1 Å². The van der Waals surface area contributed by atoms with E-state index in [9.17, 15) is 13.2 Å². The zero-order valence-electron chi connectivity index (χ0n) is 25.3. The summed E-state index contributed by atoms with van der Waals surface area (Å²) in [5, 5.41) is 0.